The summed E-state index contributed by atoms with van der Waals surface area (Å²) in [6.07, 6.45) is -6.34. The van der Waals surface area contributed by atoms with Crippen LogP contribution < -0.4 is 10.6 Å². The molecule has 1 aliphatic heterocycles. The van der Waals surface area contributed by atoms with Crippen LogP contribution in [0.25, 0.3) is 0 Å². The summed E-state index contributed by atoms with van der Waals surface area (Å²) in [6, 6.07) is 1.86. The molecule has 0 aliphatic carbocycles. The Morgan fingerprint density at radius 3 is 2.62 bits per heavy atom. The molecule has 0 unspecified atom stereocenters. The van der Waals surface area contributed by atoms with Crippen LogP contribution in [0, 0.1) is 24.1 Å². The van der Waals surface area contributed by atoms with Crippen molar-refractivity contribution in [3.05, 3.63) is 52.7 Å². The lowest BCUT2D eigenvalue weighted by atomic mass is 9.91. The number of ether oxygens (including phenoxy) is 1. The van der Waals surface area contributed by atoms with Crippen molar-refractivity contribution in [2.24, 2.45) is 4.99 Å². The fourth-order valence-corrected chi connectivity index (χ4v) is 3.25. The average molecular weight is 480 g/mol. The molecule has 3 rings (SSSR count). The van der Waals surface area contributed by atoms with E-state index in [1.165, 1.54) is 19.2 Å². The number of carboxylic acid groups (broad SMARTS) is 1. The third-order valence-electron chi connectivity index (χ3n) is 4.78. The number of halogens is 4. The summed E-state index contributed by atoms with van der Waals surface area (Å²) in [4.78, 5) is 34.5. The van der Waals surface area contributed by atoms with E-state index in [-0.39, 0.29) is 17.1 Å². The summed E-state index contributed by atoms with van der Waals surface area (Å²) in [7, 11) is 0. The average Bonchev–Trinajstić information content (AvgIpc) is 2.73. The van der Waals surface area contributed by atoms with Crippen LogP contribution in [0.1, 0.15) is 40.7 Å². The molecule has 0 spiro atoms. The molecule has 0 saturated heterocycles. The minimum atomic E-state index is -4.88. The van der Waals surface area contributed by atoms with Crippen LogP contribution in [0.5, 0.6) is 0 Å². The Morgan fingerprint density at radius 2 is 2.03 bits per heavy atom. The van der Waals surface area contributed by atoms with Gasteiger partial charge in [-0.3, -0.25) is 4.79 Å². The van der Waals surface area contributed by atoms with E-state index in [0.717, 1.165) is 19.1 Å². The van der Waals surface area contributed by atoms with E-state index in [1.807, 2.05) is 6.07 Å². The summed E-state index contributed by atoms with van der Waals surface area (Å²) >= 11 is 0. The highest BCUT2D eigenvalue weighted by Gasteiger charge is 2.50. The number of rotatable bonds is 3. The quantitative estimate of drug-likeness (QED) is 0.571. The van der Waals surface area contributed by atoms with Crippen molar-refractivity contribution in [3.63, 3.8) is 0 Å². The first-order valence-electron chi connectivity index (χ1n) is 9.51. The molecular weight excluding hydrogens is 464 g/mol. The lowest BCUT2D eigenvalue weighted by Gasteiger charge is -2.37. The van der Waals surface area contributed by atoms with Gasteiger partial charge in [-0.25, -0.2) is 29.5 Å². The van der Waals surface area contributed by atoms with Gasteiger partial charge in [0.15, 0.2) is 11.6 Å². The number of nitrogens with one attached hydrogen (secondary N) is 2. The smallest absolute Gasteiger partial charge is 0.412 e. The first-order valence-corrected chi connectivity index (χ1v) is 9.51. The third-order valence-corrected chi connectivity index (χ3v) is 4.78. The van der Waals surface area contributed by atoms with Crippen molar-refractivity contribution >= 4 is 23.8 Å². The Morgan fingerprint density at radius 1 is 1.32 bits per heavy atom. The highest BCUT2D eigenvalue weighted by molar-refractivity contribution is 6.03. The second-order valence-electron chi connectivity index (χ2n) is 7.44. The Kier molecular flexibility index (Phi) is 6.40. The molecule has 34 heavy (non-hydrogen) atoms. The molecule has 2 amide bonds. The maximum absolute atomic E-state index is 14.7. The first-order chi connectivity index (χ1) is 15.8. The molecule has 2 aromatic rings. The van der Waals surface area contributed by atoms with Gasteiger partial charge < -0.3 is 15.2 Å². The molecule has 178 valence electrons. The second-order valence-corrected chi connectivity index (χ2v) is 7.44. The molecule has 0 fully saturated rings. The van der Waals surface area contributed by atoms with Crippen molar-refractivity contribution in [1.82, 2.24) is 15.3 Å². The Balaban J connectivity index is 1.94. The number of hydrogen-bond donors (Lipinski definition) is 3. The number of anilines is 1. The zero-order valence-electron chi connectivity index (χ0n) is 17.6. The molecule has 10 nitrogen and oxygen atoms in total. The van der Waals surface area contributed by atoms with Gasteiger partial charge in [0.1, 0.15) is 29.1 Å². The Bertz CT molecular complexity index is 1230. The van der Waals surface area contributed by atoms with Crippen LogP contribution in [-0.2, 0) is 10.3 Å². The zero-order chi connectivity index (χ0) is 25.3. The summed E-state index contributed by atoms with van der Waals surface area (Å²) in [5.74, 6) is -2.04. The number of aromatic nitrogens is 2. The molecule has 3 heterocycles. The van der Waals surface area contributed by atoms with Crippen molar-refractivity contribution in [2.75, 3.05) is 5.32 Å². The van der Waals surface area contributed by atoms with Crippen molar-refractivity contribution in [3.8, 4) is 6.07 Å². The molecule has 0 saturated carbocycles. The molecule has 1 aliphatic rings. The normalized spacial score (nSPS) is 19.9. The molecule has 0 radical (unpaired) electrons. The molecule has 2 atom stereocenters. The molecule has 0 aromatic carbocycles. The lowest BCUT2D eigenvalue weighted by Crippen LogP contribution is -2.48. The fraction of sp³-hybridized carbons (Fsp3) is 0.300. The second kappa shape index (κ2) is 8.93. The summed E-state index contributed by atoms with van der Waals surface area (Å²) in [6.45, 7) is 2.63. The third kappa shape index (κ3) is 5.20. The summed E-state index contributed by atoms with van der Waals surface area (Å²) < 4.78 is 60.2. The predicted octanol–water partition coefficient (Wildman–Crippen LogP) is 3.24. The van der Waals surface area contributed by atoms with E-state index in [4.69, 9.17) is 15.1 Å². The van der Waals surface area contributed by atoms with Crippen LogP contribution in [0.2, 0.25) is 0 Å². The first kappa shape index (κ1) is 24.4. The molecule has 3 N–H and O–H groups in total. The number of nitrogens with zero attached hydrogens (tertiary/aromatic N) is 4. The number of aliphatic imine (C=N–C) groups is 1. The van der Waals surface area contributed by atoms with Crippen LogP contribution in [-0.4, -0.2) is 45.3 Å². The van der Waals surface area contributed by atoms with Crippen LogP contribution in [0.3, 0.4) is 0 Å². The number of amidine groups is 1. The van der Waals surface area contributed by atoms with Crippen molar-refractivity contribution in [1.29, 1.82) is 5.26 Å². The van der Waals surface area contributed by atoms with Crippen molar-refractivity contribution < 1.29 is 37.0 Å². The van der Waals surface area contributed by atoms with Crippen LogP contribution >= 0.6 is 0 Å². The number of amides is 2. The fourth-order valence-electron chi connectivity index (χ4n) is 3.25. The molecular formula is C20H16F4N6O4. The van der Waals surface area contributed by atoms with Gasteiger partial charge in [-0.15, -0.1) is 0 Å². The van der Waals surface area contributed by atoms with Gasteiger partial charge >= 0.3 is 12.3 Å². The number of carbonyl (C=O) groups is 2. The molecule has 0 bridgehead atoms. The van der Waals surface area contributed by atoms with Crippen LogP contribution in [0.15, 0.2) is 29.4 Å². The number of pyridine rings is 2. The minimum absolute atomic E-state index is 0.0518. The summed E-state index contributed by atoms with van der Waals surface area (Å²) in [5, 5.41) is 21.7. The van der Waals surface area contributed by atoms with Gasteiger partial charge in [-0.05, 0) is 37.6 Å². The number of nitriles is 1. The highest BCUT2D eigenvalue weighted by Crippen LogP contribution is 2.40. The van der Waals surface area contributed by atoms with Gasteiger partial charge in [-0.1, -0.05) is 0 Å². The standard InChI is InChI=1S/C20H16F4N6O4/c1-9-5-10(7-25)8-26-14(9)16(31)29-13-4-3-11(21)15(28-13)19(2)6-12(20(22,23)24)27-17(34-19)30-18(32)33/h3-5,8,12H,6H2,1-2H3,(H,27,30)(H,32,33)(H,28,29,31)/t12-,19-/m0/s1. The summed E-state index contributed by atoms with van der Waals surface area (Å²) in [5.41, 5.74) is -2.15. The van der Waals surface area contributed by atoms with E-state index < -0.39 is 53.8 Å². The van der Waals surface area contributed by atoms with Gasteiger partial charge in [0.2, 0.25) is 0 Å². The maximum Gasteiger partial charge on any atom is 0.412 e. The topological polar surface area (TPSA) is 150 Å². The Hall–Kier alpha value is -4.28. The molecule has 14 heteroatoms. The van der Waals surface area contributed by atoms with E-state index in [2.05, 4.69) is 20.3 Å². The zero-order valence-corrected chi connectivity index (χ0v) is 17.6. The van der Waals surface area contributed by atoms with Crippen molar-refractivity contribution in [2.45, 2.75) is 38.1 Å². The maximum atomic E-state index is 14.7. The highest BCUT2D eigenvalue weighted by atomic mass is 19.4. The lowest BCUT2D eigenvalue weighted by molar-refractivity contribution is -0.164. The number of alkyl halides is 3. The van der Waals surface area contributed by atoms with Crippen LogP contribution in [0.4, 0.5) is 28.2 Å². The minimum Gasteiger partial charge on any atom is -0.465 e. The monoisotopic (exact) mass is 480 g/mol. The van der Waals surface area contributed by atoms with E-state index in [0.29, 0.717) is 5.56 Å². The number of aryl methyl sites for hydroxylation is 1. The number of hydrogen-bond acceptors (Lipinski definition) is 7. The van der Waals surface area contributed by atoms with Gasteiger partial charge in [0, 0.05) is 12.6 Å². The van der Waals surface area contributed by atoms with Gasteiger partial charge in [0.05, 0.1) is 5.56 Å². The predicted molar refractivity (Wildman–Crippen MR) is 107 cm³/mol. The largest absolute Gasteiger partial charge is 0.465 e. The van der Waals surface area contributed by atoms with Gasteiger partial charge in [0.25, 0.3) is 11.9 Å². The SMILES string of the molecule is Cc1cc(C#N)cnc1C(=O)Nc1ccc(F)c([C@]2(C)C[C@@H](C(F)(F)F)N=C(NC(=O)O)O2)n1. The van der Waals surface area contributed by atoms with E-state index in [9.17, 15) is 27.2 Å². The number of carbonyl (C=O) groups excluding carboxylic acids is 1. The Labute approximate surface area is 189 Å². The van der Waals surface area contributed by atoms with Gasteiger partial charge in [-0.2, -0.15) is 18.4 Å². The molecule has 2 aromatic heterocycles. The van der Waals surface area contributed by atoms with E-state index in [1.54, 1.807) is 5.32 Å². The van der Waals surface area contributed by atoms with E-state index >= 15 is 0 Å².